The van der Waals surface area contributed by atoms with E-state index in [4.69, 9.17) is 16.7 Å². The largest absolute Gasteiger partial charge is 0.481 e. The molecule has 116 valence electrons. The van der Waals surface area contributed by atoms with Crippen LogP contribution in [0.5, 0.6) is 0 Å². The van der Waals surface area contributed by atoms with Gasteiger partial charge < -0.3 is 10.4 Å². The Balaban J connectivity index is 2.49. The minimum atomic E-state index is -0.783. The van der Waals surface area contributed by atoms with Gasteiger partial charge in [0, 0.05) is 18.2 Å². The molecule has 0 saturated carbocycles. The van der Waals surface area contributed by atoms with Crippen molar-refractivity contribution >= 4 is 28.9 Å². The molecule has 2 atom stereocenters. The molecule has 1 rings (SSSR count). The summed E-state index contributed by atoms with van der Waals surface area (Å²) in [6.45, 7) is 3.65. The number of anilines is 1. The Labute approximate surface area is 128 Å². The minimum absolute atomic E-state index is 0.0477. The fourth-order valence-corrected chi connectivity index (χ4v) is 2.16. The Hall–Kier alpha value is -1.82. The van der Waals surface area contributed by atoms with Crippen molar-refractivity contribution in [3.05, 3.63) is 33.3 Å². The number of non-ortho nitro benzene ring substituents is 1. The molecule has 0 aliphatic carbocycles. The summed E-state index contributed by atoms with van der Waals surface area (Å²) >= 11 is 6.00. The molecule has 0 heterocycles. The molecule has 0 aromatic heterocycles. The molecule has 0 radical (unpaired) electrons. The molecule has 6 nitrogen and oxygen atoms in total. The zero-order valence-electron chi connectivity index (χ0n) is 12.0. The third-order valence-corrected chi connectivity index (χ3v) is 3.57. The SMILES string of the molecule is CC(CCCC(C)C(=O)O)Nc1ccc([N+](=O)[O-])cc1Cl. The number of rotatable bonds is 8. The summed E-state index contributed by atoms with van der Waals surface area (Å²) < 4.78 is 0. The van der Waals surface area contributed by atoms with E-state index < -0.39 is 10.9 Å². The van der Waals surface area contributed by atoms with Crippen molar-refractivity contribution in [3.8, 4) is 0 Å². The van der Waals surface area contributed by atoms with Crippen LogP contribution >= 0.6 is 11.6 Å². The summed E-state index contributed by atoms with van der Waals surface area (Å²) in [4.78, 5) is 20.8. The second kappa shape index (κ2) is 7.83. The van der Waals surface area contributed by atoms with E-state index in [1.807, 2.05) is 6.92 Å². The van der Waals surface area contributed by atoms with Gasteiger partial charge in [0.25, 0.3) is 5.69 Å². The number of nitro benzene ring substituents is 1. The van der Waals surface area contributed by atoms with Gasteiger partial charge in [0.2, 0.25) is 0 Å². The third-order valence-electron chi connectivity index (χ3n) is 3.26. The highest BCUT2D eigenvalue weighted by atomic mass is 35.5. The molecule has 0 amide bonds. The van der Waals surface area contributed by atoms with Crippen LogP contribution in [0, 0.1) is 16.0 Å². The molecule has 1 aromatic carbocycles. The van der Waals surface area contributed by atoms with Gasteiger partial charge >= 0.3 is 5.97 Å². The number of aliphatic carboxylic acids is 1. The van der Waals surface area contributed by atoms with Gasteiger partial charge in [-0.15, -0.1) is 0 Å². The molecule has 2 unspecified atom stereocenters. The standard InChI is InChI=1S/C14H19ClN2O4/c1-9(14(18)19)4-3-5-10(2)16-13-7-6-11(17(20)21)8-12(13)15/h6-10,16H,3-5H2,1-2H3,(H,18,19). The number of carboxylic acids is 1. The summed E-state index contributed by atoms with van der Waals surface area (Å²) in [5.41, 5.74) is 0.592. The number of carboxylic acid groups (broad SMARTS) is 1. The Morgan fingerprint density at radius 3 is 2.62 bits per heavy atom. The van der Waals surface area contributed by atoms with Gasteiger partial charge in [-0.05, 0) is 25.8 Å². The number of halogens is 1. The second-order valence-corrected chi connectivity index (χ2v) is 5.54. The fraction of sp³-hybridized carbons (Fsp3) is 0.500. The third kappa shape index (κ3) is 5.59. The van der Waals surface area contributed by atoms with Crippen LogP contribution in [0.1, 0.15) is 33.1 Å². The highest BCUT2D eigenvalue weighted by Gasteiger charge is 2.13. The van der Waals surface area contributed by atoms with Crippen LogP contribution in [0.4, 0.5) is 11.4 Å². The van der Waals surface area contributed by atoms with E-state index >= 15 is 0 Å². The first-order valence-corrected chi connectivity index (χ1v) is 7.12. The van der Waals surface area contributed by atoms with Crippen molar-refractivity contribution in [1.29, 1.82) is 0 Å². The van der Waals surface area contributed by atoms with Crippen LogP contribution in [-0.2, 0) is 4.79 Å². The minimum Gasteiger partial charge on any atom is -0.481 e. The molecule has 1 aromatic rings. The van der Waals surface area contributed by atoms with Crippen molar-refractivity contribution in [2.24, 2.45) is 5.92 Å². The van der Waals surface area contributed by atoms with Gasteiger partial charge in [0.1, 0.15) is 0 Å². The highest BCUT2D eigenvalue weighted by molar-refractivity contribution is 6.33. The van der Waals surface area contributed by atoms with Crippen molar-refractivity contribution in [2.45, 2.75) is 39.2 Å². The van der Waals surface area contributed by atoms with Gasteiger partial charge in [0.05, 0.1) is 21.6 Å². The van der Waals surface area contributed by atoms with Crippen molar-refractivity contribution in [3.63, 3.8) is 0 Å². The maximum Gasteiger partial charge on any atom is 0.306 e. The molecular weight excluding hydrogens is 296 g/mol. The molecule has 0 spiro atoms. The molecule has 7 heteroatoms. The Morgan fingerprint density at radius 1 is 1.43 bits per heavy atom. The maximum absolute atomic E-state index is 10.7. The van der Waals surface area contributed by atoms with Crippen molar-refractivity contribution in [1.82, 2.24) is 0 Å². The molecular formula is C14H19ClN2O4. The van der Waals surface area contributed by atoms with E-state index in [0.29, 0.717) is 17.1 Å². The Morgan fingerprint density at radius 2 is 2.10 bits per heavy atom. The van der Waals surface area contributed by atoms with Crippen LogP contribution in [-0.4, -0.2) is 22.0 Å². The molecule has 0 aliphatic heterocycles. The summed E-state index contributed by atoms with van der Waals surface area (Å²) in [7, 11) is 0. The van der Waals surface area contributed by atoms with E-state index in [0.717, 1.165) is 12.8 Å². The van der Waals surface area contributed by atoms with Gasteiger partial charge in [-0.3, -0.25) is 14.9 Å². The van der Waals surface area contributed by atoms with E-state index in [9.17, 15) is 14.9 Å². The topological polar surface area (TPSA) is 92.5 Å². The number of nitrogens with zero attached hydrogens (tertiary/aromatic N) is 1. The van der Waals surface area contributed by atoms with Crippen molar-refractivity contribution in [2.75, 3.05) is 5.32 Å². The Kier molecular flexibility index (Phi) is 6.42. The molecule has 0 aliphatic rings. The lowest BCUT2D eigenvalue weighted by Gasteiger charge is -2.16. The number of nitro groups is 1. The second-order valence-electron chi connectivity index (χ2n) is 5.14. The highest BCUT2D eigenvalue weighted by Crippen LogP contribution is 2.27. The number of hydrogen-bond acceptors (Lipinski definition) is 4. The summed E-state index contributed by atoms with van der Waals surface area (Å²) in [6, 6.07) is 4.39. The van der Waals surface area contributed by atoms with Crippen LogP contribution in [0.25, 0.3) is 0 Å². The predicted octanol–water partition coefficient (Wildman–Crippen LogP) is 3.94. The lowest BCUT2D eigenvalue weighted by Crippen LogP contribution is -2.16. The van der Waals surface area contributed by atoms with E-state index in [2.05, 4.69) is 5.32 Å². The number of nitrogens with one attached hydrogen (secondary N) is 1. The van der Waals surface area contributed by atoms with Gasteiger partial charge in [-0.25, -0.2) is 0 Å². The van der Waals surface area contributed by atoms with Gasteiger partial charge in [0.15, 0.2) is 0 Å². The number of carbonyl (C=O) groups is 1. The first kappa shape index (κ1) is 17.2. The van der Waals surface area contributed by atoms with Crippen LogP contribution in [0.15, 0.2) is 18.2 Å². The van der Waals surface area contributed by atoms with Crippen LogP contribution in [0.2, 0.25) is 5.02 Å². The lowest BCUT2D eigenvalue weighted by molar-refractivity contribution is -0.384. The smallest absolute Gasteiger partial charge is 0.306 e. The Bertz CT molecular complexity index is 522. The summed E-state index contributed by atoms with van der Waals surface area (Å²) in [6.07, 6.45) is 2.20. The zero-order valence-corrected chi connectivity index (χ0v) is 12.8. The van der Waals surface area contributed by atoms with Gasteiger partial charge in [-0.2, -0.15) is 0 Å². The molecule has 0 saturated heterocycles. The summed E-state index contributed by atoms with van der Waals surface area (Å²) in [5.74, 6) is -1.13. The molecule has 0 bridgehead atoms. The summed E-state index contributed by atoms with van der Waals surface area (Å²) in [5, 5.41) is 22.9. The lowest BCUT2D eigenvalue weighted by atomic mass is 10.0. The molecule has 2 N–H and O–H groups in total. The normalized spacial score (nSPS) is 13.5. The molecule has 0 fully saturated rings. The van der Waals surface area contributed by atoms with E-state index in [-0.39, 0.29) is 17.6 Å². The van der Waals surface area contributed by atoms with E-state index in [1.54, 1.807) is 13.0 Å². The average molecular weight is 315 g/mol. The first-order chi connectivity index (χ1) is 9.81. The predicted molar refractivity (Wildman–Crippen MR) is 81.8 cm³/mol. The quantitative estimate of drug-likeness (QED) is 0.560. The number of benzene rings is 1. The first-order valence-electron chi connectivity index (χ1n) is 6.74. The van der Waals surface area contributed by atoms with E-state index in [1.165, 1.54) is 12.1 Å². The van der Waals surface area contributed by atoms with Gasteiger partial charge in [-0.1, -0.05) is 24.9 Å². The fourth-order valence-electron chi connectivity index (χ4n) is 1.93. The van der Waals surface area contributed by atoms with Crippen molar-refractivity contribution < 1.29 is 14.8 Å². The molecule has 21 heavy (non-hydrogen) atoms. The monoisotopic (exact) mass is 314 g/mol. The zero-order chi connectivity index (χ0) is 16.0. The number of hydrogen-bond donors (Lipinski definition) is 2. The average Bonchev–Trinajstić information content (AvgIpc) is 2.40. The van der Waals surface area contributed by atoms with Crippen LogP contribution in [0.3, 0.4) is 0 Å². The maximum atomic E-state index is 10.7. The van der Waals surface area contributed by atoms with Crippen LogP contribution < -0.4 is 5.32 Å².